The lowest BCUT2D eigenvalue weighted by Crippen LogP contribution is -2.42. The summed E-state index contributed by atoms with van der Waals surface area (Å²) in [5, 5.41) is 13.5. The molecule has 0 radical (unpaired) electrons. The molecule has 0 saturated heterocycles. The lowest BCUT2D eigenvalue weighted by Gasteiger charge is -2.25. The van der Waals surface area contributed by atoms with Crippen molar-refractivity contribution in [3.8, 4) is 5.69 Å². The maximum atomic E-state index is 12.8. The number of para-hydroxylation sites is 1. The van der Waals surface area contributed by atoms with Crippen LogP contribution in [0.2, 0.25) is 0 Å². The van der Waals surface area contributed by atoms with Gasteiger partial charge in [0.25, 0.3) is 5.91 Å². The summed E-state index contributed by atoms with van der Waals surface area (Å²) in [6.45, 7) is 9.32. The Morgan fingerprint density at radius 3 is 2.46 bits per heavy atom. The largest absolute Gasteiger partial charge is 0.480 e. The molecule has 2 rings (SSSR count). The third-order valence-electron chi connectivity index (χ3n) is 4.44. The Balaban J connectivity index is 2.43. The number of hydrogen-bond donors (Lipinski definition) is 1. The van der Waals surface area contributed by atoms with E-state index in [1.807, 2.05) is 38.1 Å². The quantitative estimate of drug-likeness (QED) is 0.822. The van der Waals surface area contributed by atoms with Gasteiger partial charge in [0, 0.05) is 6.04 Å². The number of carbonyl (C=O) groups excluding carboxylic acids is 1. The number of aromatic nitrogens is 3. The lowest BCUT2D eigenvalue weighted by molar-refractivity contribution is -0.138. The van der Waals surface area contributed by atoms with E-state index in [0.29, 0.717) is 12.2 Å². The van der Waals surface area contributed by atoms with Crippen LogP contribution in [0.15, 0.2) is 24.3 Å². The Morgan fingerprint density at radius 1 is 1.23 bits per heavy atom. The van der Waals surface area contributed by atoms with Crippen molar-refractivity contribution in [3.05, 3.63) is 41.5 Å². The minimum atomic E-state index is -1.06. The van der Waals surface area contributed by atoms with E-state index in [1.165, 1.54) is 4.90 Å². The molecule has 1 N–H and O–H groups in total. The molecule has 140 valence electrons. The topological polar surface area (TPSA) is 88.3 Å². The fourth-order valence-corrected chi connectivity index (χ4v) is 2.80. The highest BCUT2D eigenvalue weighted by Crippen LogP contribution is 2.23. The zero-order valence-electron chi connectivity index (χ0n) is 15.9. The first-order valence-electron chi connectivity index (χ1n) is 8.81. The van der Waals surface area contributed by atoms with Gasteiger partial charge in [-0.2, -0.15) is 0 Å². The molecular weight excluding hydrogens is 332 g/mol. The van der Waals surface area contributed by atoms with Crippen molar-refractivity contribution in [2.75, 3.05) is 6.54 Å². The first kappa shape index (κ1) is 19.6. The van der Waals surface area contributed by atoms with Crippen molar-refractivity contribution in [1.29, 1.82) is 0 Å². The van der Waals surface area contributed by atoms with Crippen LogP contribution in [0, 0.1) is 6.92 Å². The average molecular weight is 358 g/mol. The normalized spacial score (nSPS) is 12.2. The van der Waals surface area contributed by atoms with E-state index >= 15 is 0 Å². The maximum Gasteiger partial charge on any atom is 0.323 e. The molecule has 0 aliphatic carbocycles. The molecule has 1 atom stereocenters. The molecule has 0 saturated carbocycles. The number of benzene rings is 1. The number of aliphatic carboxylic acids is 1. The molecule has 26 heavy (non-hydrogen) atoms. The molecule has 1 aromatic carbocycles. The van der Waals surface area contributed by atoms with Crippen LogP contribution in [0.25, 0.3) is 5.69 Å². The van der Waals surface area contributed by atoms with E-state index in [9.17, 15) is 9.59 Å². The molecule has 0 spiro atoms. The molecule has 2 aromatic rings. The van der Waals surface area contributed by atoms with Crippen molar-refractivity contribution in [3.63, 3.8) is 0 Å². The predicted octanol–water partition coefficient (Wildman–Crippen LogP) is 3.02. The van der Waals surface area contributed by atoms with Crippen molar-refractivity contribution in [1.82, 2.24) is 19.7 Å². The van der Waals surface area contributed by atoms with Crippen molar-refractivity contribution >= 4 is 11.9 Å². The maximum absolute atomic E-state index is 12.8. The van der Waals surface area contributed by atoms with Gasteiger partial charge < -0.3 is 10.0 Å². The van der Waals surface area contributed by atoms with E-state index < -0.39 is 11.9 Å². The van der Waals surface area contributed by atoms with Crippen LogP contribution < -0.4 is 0 Å². The zero-order valence-corrected chi connectivity index (χ0v) is 15.9. The number of carboxylic acids is 1. The first-order chi connectivity index (χ1) is 12.3. The van der Waals surface area contributed by atoms with Gasteiger partial charge in [-0.05, 0) is 37.8 Å². The molecular formula is C19H26N4O3. The monoisotopic (exact) mass is 358 g/mol. The van der Waals surface area contributed by atoms with Crippen LogP contribution >= 0.6 is 0 Å². The van der Waals surface area contributed by atoms with Gasteiger partial charge in [-0.3, -0.25) is 9.59 Å². The first-order valence-corrected chi connectivity index (χ1v) is 8.81. The van der Waals surface area contributed by atoms with Crippen LogP contribution in [0.3, 0.4) is 0 Å². The zero-order chi connectivity index (χ0) is 19.4. The fraction of sp³-hybridized carbons (Fsp3) is 0.474. The van der Waals surface area contributed by atoms with Gasteiger partial charge in [0.15, 0.2) is 0 Å². The molecule has 1 amide bonds. The van der Waals surface area contributed by atoms with E-state index in [-0.39, 0.29) is 24.3 Å². The molecule has 0 bridgehead atoms. The lowest BCUT2D eigenvalue weighted by atomic mass is 10.0. The van der Waals surface area contributed by atoms with Crippen LogP contribution in [0.5, 0.6) is 0 Å². The van der Waals surface area contributed by atoms with Gasteiger partial charge in [0.1, 0.15) is 12.4 Å². The Morgan fingerprint density at radius 2 is 1.88 bits per heavy atom. The third-order valence-corrected chi connectivity index (χ3v) is 4.44. The van der Waals surface area contributed by atoms with Crippen molar-refractivity contribution in [2.24, 2.45) is 0 Å². The highest BCUT2D eigenvalue weighted by molar-refractivity contribution is 5.92. The smallest absolute Gasteiger partial charge is 0.323 e. The molecule has 1 heterocycles. The Kier molecular flexibility index (Phi) is 6.13. The number of aryl methyl sites for hydroxylation is 1. The molecule has 1 unspecified atom stereocenters. The SMILES string of the molecule is CCC(C)N(CC(=O)O)C(=O)c1nc(C)n(-c2ccccc2C(C)C)n1. The number of carbonyl (C=O) groups is 2. The highest BCUT2D eigenvalue weighted by atomic mass is 16.4. The molecule has 0 aliphatic heterocycles. The third kappa shape index (κ3) is 4.09. The Labute approximate surface area is 153 Å². The van der Waals surface area contributed by atoms with Gasteiger partial charge in [0.2, 0.25) is 5.82 Å². The van der Waals surface area contributed by atoms with E-state index in [4.69, 9.17) is 5.11 Å². The van der Waals surface area contributed by atoms with Crippen molar-refractivity contribution < 1.29 is 14.7 Å². The molecule has 7 heteroatoms. The van der Waals surface area contributed by atoms with Crippen LogP contribution in [0.1, 0.15) is 62.0 Å². The minimum absolute atomic E-state index is 0.0163. The molecule has 0 fully saturated rings. The van der Waals surface area contributed by atoms with Gasteiger partial charge in [0.05, 0.1) is 5.69 Å². The second-order valence-electron chi connectivity index (χ2n) is 6.69. The van der Waals surface area contributed by atoms with Crippen LogP contribution in [0.4, 0.5) is 0 Å². The summed E-state index contributed by atoms with van der Waals surface area (Å²) in [7, 11) is 0. The second-order valence-corrected chi connectivity index (χ2v) is 6.69. The van der Waals surface area contributed by atoms with E-state index in [2.05, 4.69) is 23.9 Å². The summed E-state index contributed by atoms with van der Waals surface area (Å²) in [5.41, 5.74) is 1.98. The highest BCUT2D eigenvalue weighted by Gasteiger charge is 2.27. The molecule has 1 aromatic heterocycles. The summed E-state index contributed by atoms with van der Waals surface area (Å²) >= 11 is 0. The Hall–Kier alpha value is -2.70. The number of hydrogen-bond acceptors (Lipinski definition) is 4. The summed E-state index contributed by atoms with van der Waals surface area (Å²) in [5.74, 6) is -0.633. The number of rotatable bonds is 7. The van der Waals surface area contributed by atoms with Crippen LogP contribution in [-0.4, -0.2) is 49.2 Å². The molecule has 0 aliphatic rings. The van der Waals surface area contributed by atoms with Gasteiger partial charge in [-0.15, -0.1) is 5.10 Å². The standard InChI is InChI=1S/C19H26N4O3/c1-6-13(4)22(11-17(24)25)19(26)18-20-14(5)23(21-18)16-10-8-7-9-15(16)12(2)3/h7-10,12-13H,6,11H2,1-5H3,(H,24,25). The van der Waals surface area contributed by atoms with E-state index in [0.717, 1.165) is 11.3 Å². The number of carboxylic acid groups (broad SMARTS) is 1. The van der Waals surface area contributed by atoms with Gasteiger partial charge in [-0.25, -0.2) is 9.67 Å². The van der Waals surface area contributed by atoms with Gasteiger partial charge >= 0.3 is 5.97 Å². The summed E-state index contributed by atoms with van der Waals surface area (Å²) in [6, 6.07) is 7.63. The fourth-order valence-electron chi connectivity index (χ4n) is 2.80. The van der Waals surface area contributed by atoms with Gasteiger partial charge in [-0.1, -0.05) is 39.0 Å². The van der Waals surface area contributed by atoms with Crippen molar-refractivity contribution in [2.45, 2.75) is 53.0 Å². The van der Waals surface area contributed by atoms with E-state index in [1.54, 1.807) is 11.6 Å². The summed E-state index contributed by atoms with van der Waals surface area (Å²) in [4.78, 5) is 29.6. The Bertz CT molecular complexity index is 798. The molecule has 7 nitrogen and oxygen atoms in total. The average Bonchev–Trinajstić information content (AvgIpc) is 2.99. The minimum Gasteiger partial charge on any atom is -0.480 e. The second kappa shape index (κ2) is 8.12. The number of nitrogens with zero attached hydrogens (tertiary/aromatic N) is 4. The predicted molar refractivity (Wildman–Crippen MR) is 98.6 cm³/mol. The van der Waals surface area contributed by atoms with Crippen LogP contribution in [-0.2, 0) is 4.79 Å². The summed E-state index contributed by atoms with van der Waals surface area (Å²) < 4.78 is 1.65. The summed E-state index contributed by atoms with van der Waals surface area (Å²) in [6.07, 6.45) is 0.648. The number of amides is 1.